The molecule has 1 aliphatic heterocycles. The van der Waals surface area contributed by atoms with Crippen LogP contribution in [-0.2, 0) is 0 Å². The van der Waals surface area contributed by atoms with Crippen molar-refractivity contribution in [1.82, 2.24) is 24.5 Å². The molecule has 2 aromatic heterocycles. The number of rotatable bonds is 3. The Hall–Kier alpha value is -4.26. The van der Waals surface area contributed by atoms with Crippen LogP contribution in [0.15, 0.2) is 72.8 Å². The zero-order valence-electron chi connectivity index (χ0n) is 20.7. The van der Waals surface area contributed by atoms with Crippen LogP contribution in [0.3, 0.4) is 0 Å². The van der Waals surface area contributed by atoms with Crippen LogP contribution in [0.4, 0.5) is 5.95 Å². The molecule has 3 aromatic carbocycles. The van der Waals surface area contributed by atoms with Gasteiger partial charge in [-0.3, -0.25) is 4.79 Å². The third kappa shape index (κ3) is 3.68. The molecule has 1 atom stereocenters. The minimum atomic E-state index is 0.0225. The number of amides is 1. The molecule has 6 rings (SSSR count). The number of anilines is 1. The monoisotopic (exact) mass is 476 g/mol. The van der Waals surface area contributed by atoms with Crippen molar-refractivity contribution in [2.45, 2.75) is 26.8 Å². The number of hydrogen-bond donors (Lipinski definition) is 0. The quantitative estimate of drug-likeness (QED) is 0.370. The van der Waals surface area contributed by atoms with E-state index in [2.05, 4.69) is 45.5 Å². The summed E-state index contributed by atoms with van der Waals surface area (Å²) in [6, 6.07) is 24.1. The molecule has 0 spiro atoms. The molecule has 0 bridgehead atoms. The highest BCUT2D eigenvalue weighted by Gasteiger charge is 2.31. The summed E-state index contributed by atoms with van der Waals surface area (Å²) < 4.78 is 2.08. The van der Waals surface area contributed by atoms with E-state index in [4.69, 9.17) is 4.98 Å². The van der Waals surface area contributed by atoms with Crippen LogP contribution in [0.25, 0.3) is 27.9 Å². The van der Waals surface area contributed by atoms with Crippen molar-refractivity contribution < 1.29 is 4.79 Å². The van der Waals surface area contributed by atoms with Crippen molar-refractivity contribution in [3.8, 4) is 11.4 Å². The summed E-state index contributed by atoms with van der Waals surface area (Å²) in [5, 5.41) is 10.2. The van der Waals surface area contributed by atoms with Gasteiger partial charge in [-0.2, -0.15) is 0 Å². The lowest BCUT2D eigenvalue weighted by molar-refractivity contribution is 0.0673. The summed E-state index contributed by atoms with van der Waals surface area (Å²) in [5.74, 6) is 1.66. The van der Waals surface area contributed by atoms with Crippen molar-refractivity contribution in [3.05, 3.63) is 89.5 Å². The highest BCUT2D eigenvalue weighted by Crippen LogP contribution is 2.31. The first kappa shape index (κ1) is 22.2. The predicted octanol–water partition coefficient (Wildman–Crippen LogP) is 4.91. The van der Waals surface area contributed by atoms with Crippen molar-refractivity contribution in [2.75, 3.05) is 24.5 Å². The molecule has 0 saturated carbocycles. The molecule has 0 unspecified atom stereocenters. The molecule has 1 amide bonds. The van der Waals surface area contributed by atoms with E-state index < -0.39 is 0 Å². The lowest BCUT2D eigenvalue weighted by atomic mass is 10.1. The average molecular weight is 477 g/mol. The molecule has 7 heteroatoms. The summed E-state index contributed by atoms with van der Waals surface area (Å²) in [6.07, 6.45) is 0. The van der Waals surface area contributed by atoms with Gasteiger partial charge in [0.1, 0.15) is 0 Å². The lowest BCUT2D eigenvalue weighted by Gasteiger charge is -2.40. The minimum absolute atomic E-state index is 0.0225. The van der Waals surface area contributed by atoms with Gasteiger partial charge in [-0.25, -0.2) is 9.38 Å². The van der Waals surface area contributed by atoms with Gasteiger partial charge in [0.2, 0.25) is 5.95 Å². The van der Waals surface area contributed by atoms with Gasteiger partial charge in [-0.1, -0.05) is 54.1 Å². The Morgan fingerprint density at radius 2 is 1.64 bits per heavy atom. The van der Waals surface area contributed by atoms with Gasteiger partial charge in [-0.15, -0.1) is 10.2 Å². The van der Waals surface area contributed by atoms with Gasteiger partial charge in [0.25, 0.3) is 5.91 Å². The van der Waals surface area contributed by atoms with E-state index in [0.717, 1.165) is 50.6 Å². The Kier molecular flexibility index (Phi) is 5.40. The number of piperazine rings is 1. The third-order valence-electron chi connectivity index (χ3n) is 7.08. The molecule has 7 nitrogen and oxygen atoms in total. The predicted molar refractivity (Wildman–Crippen MR) is 142 cm³/mol. The number of aryl methyl sites for hydroxylation is 2. The topological polar surface area (TPSA) is 66.6 Å². The SMILES string of the molecule is Cc1ccc(C(=O)N2CCN(c3nc4ccccc4c4nnc(-c5ccccc5C)n34)C[C@@H]2C)cc1. The minimum Gasteiger partial charge on any atom is -0.338 e. The summed E-state index contributed by atoms with van der Waals surface area (Å²) in [7, 11) is 0. The number of carbonyl (C=O) groups excluding carboxylic acids is 1. The second-order valence-electron chi connectivity index (χ2n) is 9.59. The van der Waals surface area contributed by atoms with Gasteiger partial charge < -0.3 is 9.80 Å². The number of hydrogen-bond acceptors (Lipinski definition) is 5. The molecule has 0 N–H and O–H groups in total. The normalized spacial score (nSPS) is 16.1. The zero-order valence-corrected chi connectivity index (χ0v) is 20.7. The summed E-state index contributed by atoms with van der Waals surface area (Å²) >= 11 is 0. The Labute approximate surface area is 210 Å². The van der Waals surface area contributed by atoms with Gasteiger partial charge in [-0.05, 0) is 50.6 Å². The van der Waals surface area contributed by atoms with Crippen LogP contribution >= 0.6 is 0 Å². The van der Waals surface area contributed by atoms with E-state index in [0.29, 0.717) is 19.6 Å². The zero-order chi connectivity index (χ0) is 24.8. The number of carbonyl (C=O) groups is 1. The van der Waals surface area contributed by atoms with E-state index in [-0.39, 0.29) is 11.9 Å². The molecule has 0 radical (unpaired) electrons. The number of aromatic nitrogens is 4. The molecular weight excluding hydrogens is 448 g/mol. The molecule has 1 aliphatic rings. The van der Waals surface area contributed by atoms with Crippen molar-refractivity contribution >= 4 is 28.4 Å². The molecule has 180 valence electrons. The van der Waals surface area contributed by atoms with E-state index in [9.17, 15) is 4.79 Å². The molecule has 1 fully saturated rings. The maximum absolute atomic E-state index is 13.3. The van der Waals surface area contributed by atoms with Gasteiger partial charge in [0.05, 0.1) is 5.52 Å². The third-order valence-corrected chi connectivity index (χ3v) is 7.08. The van der Waals surface area contributed by atoms with Crippen LogP contribution in [-0.4, -0.2) is 56.1 Å². The fourth-order valence-electron chi connectivity index (χ4n) is 5.08. The Balaban J connectivity index is 1.41. The number of benzene rings is 3. The van der Waals surface area contributed by atoms with Crippen molar-refractivity contribution in [2.24, 2.45) is 0 Å². The first-order valence-corrected chi connectivity index (χ1v) is 12.3. The van der Waals surface area contributed by atoms with Gasteiger partial charge >= 0.3 is 0 Å². The second-order valence-corrected chi connectivity index (χ2v) is 9.59. The van der Waals surface area contributed by atoms with Crippen LogP contribution in [0.2, 0.25) is 0 Å². The second kappa shape index (κ2) is 8.75. The smallest absolute Gasteiger partial charge is 0.254 e. The maximum atomic E-state index is 13.3. The van der Waals surface area contributed by atoms with Gasteiger partial charge in [0.15, 0.2) is 11.5 Å². The van der Waals surface area contributed by atoms with Crippen LogP contribution in [0.1, 0.15) is 28.4 Å². The first-order chi connectivity index (χ1) is 17.5. The standard InChI is InChI=1S/C29H28N6O/c1-19-12-14-22(15-13-19)28(36)34-17-16-33(18-21(34)3)29-30-25-11-7-6-10-24(25)27-32-31-26(35(27)29)23-9-5-4-8-20(23)2/h4-15,21H,16-18H2,1-3H3/t21-/m0/s1. The van der Waals surface area contributed by atoms with Crippen LogP contribution < -0.4 is 4.90 Å². The maximum Gasteiger partial charge on any atom is 0.254 e. The highest BCUT2D eigenvalue weighted by molar-refractivity contribution is 5.95. The summed E-state index contributed by atoms with van der Waals surface area (Å²) in [6.45, 7) is 8.18. The largest absolute Gasteiger partial charge is 0.338 e. The molecule has 0 aliphatic carbocycles. The molecule has 36 heavy (non-hydrogen) atoms. The average Bonchev–Trinajstić information content (AvgIpc) is 3.34. The molecule has 3 heterocycles. The van der Waals surface area contributed by atoms with E-state index in [1.807, 2.05) is 72.5 Å². The summed E-state index contributed by atoms with van der Waals surface area (Å²) in [4.78, 5) is 22.6. The summed E-state index contributed by atoms with van der Waals surface area (Å²) in [5.41, 5.74) is 5.72. The lowest BCUT2D eigenvalue weighted by Crippen LogP contribution is -2.54. The van der Waals surface area contributed by atoms with Crippen LogP contribution in [0, 0.1) is 13.8 Å². The Morgan fingerprint density at radius 1 is 0.889 bits per heavy atom. The van der Waals surface area contributed by atoms with E-state index >= 15 is 0 Å². The number of para-hydroxylation sites is 1. The Bertz CT molecular complexity index is 1590. The number of fused-ring (bicyclic) bond motifs is 3. The Morgan fingerprint density at radius 3 is 2.42 bits per heavy atom. The van der Waals surface area contributed by atoms with E-state index in [1.54, 1.807) is 0 Å². The van der Waals surface area contributed by atoms with Crippen molar-refractivity contribution in [1.29, 1.82) is 0 Å². The fraction of sp³-hybridized carbons (Fsp3) is 0.241. The van der Waals surface area contributed by atoms with E-state index in [1.165, 1.54) is 0 Å². The van der Waals surface area contributed by atoms with Crippen LogP contribution in [0.5, 0.6) is 0 Å². The molecular formula is C29H28N6O. The molecule has 5 aromatic rings. The first-order valence-electron chi connectivity index (χ1n) is 12.3. The number of nitrogens with zero attached hydrogens (tertiary/aromatic N) is 6. The van der Waals surface area contributed by atoms with Gasteiger partial charge in [0, 0.05) is 42.2 Å². The fourth-order valence-corrected chi connectivity index (χ4v) is 5.08. The highest BCUT2D eigenvalue weighted by atomic mass is 16.2. The van der Waals surface area contributed by atoms with Crippen molar-refractivity contribution in [3.63, 3.8) is 0 Å². The molecule has 1 saturated heterocycles.